The lowest BCUT2D eigenvalue weighted by atomic mass is 9.88. The number of anilines is 1. The van der Waals surface area contributed by atoms with Crippen LogP contribution in [0.2, 0.25) is 0 Å². The first-order valence-electron chi connectivity index (χ1n) is 6.15. The molecule has 1 atom stereocenters. The molecular weight excluding hydrogens is 229 g/mol. The van der Waals surface area contributed by atoms with Crippen LogP contribution in [0.15, 0.2) is 12.1 Å². The number of benzene rings is 1. The molecule has 18 heavy (non-hydrogen) atoms. The van der Waals surface area contributed by atoms with Crippen LogP contribution in [0, 0.1) is 18.2 Å². The van der Waals surface area contributed by atoms with Gasteiger partial charge in [0, 0.05) is 12.1 Å². The van der Waals surface area contributed by atoms with Gasteiger partial charge in [0.15, 0.2) is 0 Å². The third-order valence-electron chi connectivity index (χ3n) is 3.64. The molecule has 1 aromatic carbocycles. The predicted molar refractivity (Wildman–Crippen MR) is 73.0 cm³/mol. The van der Waals surface area contributed by atoms with Gasteiger partial charge in [-0.05, 0) is 30.9 Å². The molecule has 1 heterocycles. The Hall–Kier alpha value is -1.58. The Morgan fingerprint density at radius 2 is 1.94 bits per heavy atom. The molecule has 2 rings (SSSR count). The van der Waals surface area contributed by atoms with Gasteiger partial charge in [-0.15, -0.1) is 0 Å². The van der Waals surface area contributed by atoms with Gasteiger partial charge in [-0.1, -0.05) is 20.8 Å². The smallest absolute Gasteiger partial charge is 0.201 e. The van der Waals surface area contributed by atoms with Crippen molar-refractivity contribution in [2.75, 3.05) is 5.73 Å². The molecule has 3 nitrogen and oxygen atoms in total. The standard InChI is InChI=1S/C14H20FN3/c1-8-6-12-11(7-10(8)15)17-13(16)18(12)9(2)14(3,4)5/h6-7,9H,1-5H3,(H2,16,17). The van der Waals surface area contributed by atoms with E-state index in [1.807, 2.05) is 10.6 Å². The van der Waals surface area contributed by atoms with Gasteiger partial charge in [0.05, 0.1) is 11.0 Å². The molecule has 2 N–H and O–H groups in total. The third-order valence-corrected chi connectivity index (χ3v) is 3.64. The molecule has 0 aliphatic rings. The molecule has 4 heteroatoms. The summed E-state index contributed by atoms with van der Waals surface area (Å²) in [4.78, 5) is 4.25. The Labute approximate surface area is 107 Å². The zero-order valence-electron chi connectivity index (χ0n) is 11.6. The van der Waals surface area contributed by atoms with E-state index in [2.05, 4.69) is 32.7 Å². The third kappa shape index (κ3) is 1.96. The molecule has 0 spiro atoms. The number of fused-ring (bicyclic) bond motifs is 1. The topological polar surface area (TPSA) is 43.8 Å². The van der Waals surface area contributed by atoms with Crippen LogP contribution in [0.1, 0.15) is 39.3 Å². The number of nitrogens with zero attached hydrogens (tertiary/aromatic N) is 2. The maximum Gasteiger partial charge on any atom is 0.201 e. The first kappa shape index (κ1) is 12.9. The first-order valence-corrected chi connectivity index (χ1v) is 6.15. The molecule has 0 bridgehead atoms. The fourth-order valence-electron chi connectivity index (χ4n) is 2.03. The number of halogens is 1. The molecule has 1 aromatic heterocycles. The van der Waals surface area contributed by atoms with E-state index in [4.69, 9.17) is 5.73 Å². The second-order valence-electron chi connectivity index (χ2n) is 5.97. The van der Waals surface area contributed by atoms with Crippen molar-refractivity contribution >= 4 is 17.0 Å². The quantitative estimate of drug-likeness (QED) is 0.838. The van der Waals surface area contributed by atoms with Crippen molar-refractivity contribution in [3.63, 3.8) is 0 Å². The van der Waals surface area contributed by atoms with E-state index in [0.717, 1.165) is 5.52 Å². The zero-order chi connectivity index (χ0) is 13.7. The van der Waals surface area contributed by atoms with E-state index in [0.29, 0.717) is 17.0 Å². The lowest BCUT2D eigenvalue weighted by Gasteiger charge is -2.29. The van der Waals surface area contributed by atoms with Crippen LogP contribution in [0.25, 0.3) is 11.0 Å². The first-order chi connectivity index (χ1) is 8.21. The van der Waals surface area contributed by atoms with Crippen LogP contribution >= 0.6 is 0 Å². The van der Waals surface area contributed by atoms with Crippen LogP contribution in [-0.4, -0.2) is 9.55 Å². The number of nitrogen functional groups attached to an aromatic ring is 1. The van der Waals surface area contributed by atoms with Crippen LogP contribution < -0.4 is 5.73 Å². The highest BCUT2D eigenvalue weighted by molar-refractivity contribution is 5.79. The van der Waals surface area contributed by atoms with E-state index in [1.54, 1.807) is 6.92 Å². The Morgan fingerprint density at radius 1 is 1.33 bits per heavy atom. The summed E-state index contributed by atoms with van der Waals surface area (Å²) in [6.45, 7) is 10.3. The molecule has 0 radical (unpaired) electrons. The van der Waals surface area contributed by atoms with E-state index in [1.165, 1.54) is 6.07 Å². The minimum atomic E-state index is -0.240. The van der Waals surface area contributed by atoms with Gasteiger partial charge in [0.1, 0.15) is 5.82 Å². The van der Waals surface area contributed by atoms with Gasteiger partial charge in [-0.3, -0.25) is 0 Å². The van der Waals surface area contributed by atoms with Crippen molar-refractivity contribution in [1.29, 1.82) is 0 Å². The molecule has 2 aromatic rings. The number of rotatable bonds is 1. The van der Waals surface area contributed by atoms with Gasteiger partial charge < -0.3 is 10.3 Å². The maximum absolute atomic E-state index is 13.5. The van der Waals surface area contributed by atoms with E-state index in [9.17, 15) is 4.39 Å². The second kappa shape index (κ2) is 3.97. The minimum Gasteiger partial charge on any atom is -0.369 e. The molecule has 1 unspecified atom stereocenters. The largest absolute Gasteiger partial charge is 0.369 e. The van der Waals surface area contributed by atoms with Gasteiger partial charge in [0.2, 0.25) is 5.95 Å². The Balaban J connectivity index is 2.71. The predicted octanol–water partition coefficient (Wildman–Crippen LogP) is 3.67. The number of hydrogen-bond donors (Lipinski definition) is 1. The number of hydrogen-bond acceptors (Lipinski definition) is 2. The van der Waals surface area contributed by atoms with Gasteiger partial charge in [-0.25, -0.2) is 9.37 Å². The van der Waals surface area contributed by atoms with Crippen LogP contribution in [-0.2, 0) is 0 Å². The van der Waals surface area contributed by atoms with E-state index >= 15 is 0 Å². The highest BCUT2D eigenvalue weighted by atomic mass is 19.1. The monoisotopic (exact) mass is 249 g/mol. The minimum absolute atomic E-state index is 0.0596. The number of nitrogens with two attached hydrogens (primary N) is 1. The molecular formula is C14H20FN3. The maximum atomic E-state index is 13.5. The van der Waals surface area contributed by atoms with Crippen LogP contribution in [0.3, 0.4) is 0 Å². The Kier molecular flexibility index (Phi) is 2.84. The van der Waals surface area contributed by atoms with Crippen molar-refractivity contribution in [2.24, 2.45) is 5.41 Å². The average molecular weight is 249 g/mol. The number of aryl methyl sites for hydroxylation is 1. The highest BCUT2D eigenvalue weighted by Gasteiger charge is 2.25. The molecule has 98 valence electrons. The summed E-state index contributed by atoms with van der Waals surface area (Å²) < 4.78 is 15.5. The summed E-state index contributed by atoms with van der Waals surface area (Å²) in [5.41, 5.74) is 8.17. The Bertz CT molecular complexity index is 593. The van der Waals surface area contributed by atoms with E-state index in [-0.39, 0.29) is 17.3 Å². The van der Waals surface area contributed by atoms with Gasteiger partial charge in [-0.2, -0.15) is 0 Å². The van der Waals surface area contributed by atoms with Crippen molar-refractivity contribution in [2.45, 2.75) is 40.7 Å². The summed E-state index contributed by atoms with van der Waals surface area (Å²) in [5.74, 6) is 0.202. The molecule has 0 aliphatic carbocycles. The molecule has 0 aliphatic heterocycles. The normalized spacial score (nSPS) is 14.1. The summed E-state index contributed by atoms with van der Waals surface area (Å²) in [7, 11) is 0. The van der Waals surface area contributed by atoms with Crippen LogP contribution in [0.5, 0.6) is 0 Å². The lowest BCUT2D eigenvalue weighted by Crippen LogP contribution is -2.22. The fourth-order valence-corrected chi connectivity index (χ4v) is 2.03. The average Bonchev–Trinajstić information content (AvgIpc) is 2.52. The number of aromatic nitrogens is 2. The fraction of sp³-hybridized carbons (Fsp3) is 0.500. The molecule has 0 saturated heterocycles. The van der Waals surface area contributed by atoms with Crippen molar-refractivity contribution < 1.29 is 4.39 Å². The van der Waals surface area contributed by atoms with Gasteiger partial charge >= 0.3 is 0 Å². The second-order valence-corrected chi connectivity index (χ2v) is 5.97. The van der Waals surface area contributed by atoms with Crippen molar-refractivity contribution in [3.05, 3.63) is 23.5 Å². The van der Waals surface area contributed by atoms with Crippen molar-refractivity contribution in [1.82, 2.24) is 9.55 Å². The SMILES string of the molecule is Cc1cc2c(cc1F)nc(N)n2C(C)C(C)(C)C. The molecule has 0 amide bonds. The summed E-state index contributed by atoms with van der Waals surface area (Å²) in [5, 5.41) is 0. The summed E-state index contributed by atoms with van der Waals surface area (Å²) in [6.07, 6.45) is 0. The van der Waals surface area contributed by atoms with E-state index < -0.39 is 0 Å². The van der Waals surface area contributed by atoms with Crippen molar-refractivity contribution in [3.8, 4) is 0 Å². The van der Waals surface area contributed by atoms with Gasteiger partial charge in [0.25, 0.3) is 0 Å². The summed E-state index contributed by atoms with van der Waals surface area (Å²) in [6, 6.07) is 3.45. The zero-order valence-corrected chi connectivity index (χ0v) is 11.6. The lowest BCUT2D eigenvalue weighted by molar-refractivity contribution is 0.270. The Morgan fingerprint density at radius 3 is 2.50 bits per heavy atom. The highest BCUT2D eigenvalue weighted by Crippen LogP contribution is 2.35. The molecule has 0 fully saturated rings. The molecule has 0 saturated carbocycles. The van der Waals surface area contributed by atoms with Crippen LogP contribution in [0.4, 0.5) is 10.3 Å². The summed E-state index contributed by atoms with van der Waals surface area (Å²) >= 11 is 0. The number of imidazole rings is 1.